The summed E-state index contributed by atoms with van der Waals surface area (Å²) in [6.07, 6.45) is 1.83. The number of nitrogens with zero attached hydrogens (tertiary/aromatic N) is 6. The molecule has 1 unspecified atom stereocenters. The van der Waals surface area contributed by atoms with Crippen molar-refractivity contribution in [3.05, 3.63) is 110 Å². The highest BCUT2D eigenvalue weighted by atomic mass is 35.5. The molecule has 5 heterocycles. The molecular weight excluding hydrogens is 694 g/mol. The van der Waals surface area contributed by atoms with E-state index < -0.39 is 29.7 Å². The number of nitriles is 1. The topological polar surface area (TPSA) is 149 Å². The summed E-state index contributed by atoms with van der Waals surface area (Å²) in [5, 5.41) is 16.7. The van der Waals surface area contributed by atoms with E-state index in [0.29, 0.717) is 60.0 Å². The molecule has 0 aliphatic carbocycles. The van der Waals surface area contributed by atoms with Gasteiger partial charge in [0.05, 0.1) is 34.0 Å². The molecule has 3 aromatic carbocycles. The third-order valence-corrected chi connectivity index (χ3v) is 11.5. The van der Waals surface area contributed by atoms with Crippen LogP contribution in [0.3, 0.4) is 0 Å². The summed E-state index contributed by atoms with van der Waals surface area (Å²) in [7, 11) is 0. The summed E-state index contributed by atoms with van der Waals surface area (Å²) in [6.45, 7) is 7.11. The molecule has 4 aliphatic rings. The van der Waals surface area contributed by atoms with E-state index >= 15 is 0 Å². The zero-order valence-electron chi connectivity index (χ0n) is 29.3. The number of hydrogen-bond donors (Lipinski definition) is 1. The van der Waals surface area contributed by atoms with Crippen molar-refractivity contribution in [1.29, 1.82) is 5.26 Å². The molecule has 5 amide bonds. The smallest absolute Gasteiger partial charge is 0.262 e. The van der Waals surface area contributed by atoms with Crippen LogP contribution in [0, 0.1) is 25.2 Å². The summed E-state index contributed by atoms with van der Waals surface area (Å²) in [4.78, 5) is 69.4. The highest BCUT2D eigenvalue weighted by molar-refractivity contribution is 6.32. The van der Waals surface area contributed by atoms with Gasteiger partial charge in [-0.3, -0.25) is 43.8 Å². The number of likely N-dealkylation sites (tertiary alicyclic amines) is 1. The number of fused-ring (bicyclic) bond motifs is 2. The molecule has 1 atom stereocenters. The second kappa shape index (κ2) is 13.4. The van der Waals surface area contributed by atoms with Gasteiger partial charge in [0.25, 0.3) is 17.7 Å². The third-order valence-electron chi connectivity index (χ3n) is 11.2. The van der Waals surface area contributed by atoms with Crippen LogP contribution in [0.4, 0.5) is 0 Å². The van der Waals surface area contributed by atoms with Gasteiger partial charge in [-0.2, -0.15) is 10.4 Å². The largest absolute Gasteiger partial charge is 0.339 e. The van der Waals surface area contributed by atoms with E-state index in [-0.39, 0.29) is 24.8 Å². The van der Waals surface area contributed by atoms with Crippen molar-refractivity contribution in [3.8, 4) is 17.3 Å². The van der Waals surface area contributed by atoms with Crippen molar-refractivity contribution in [2.45, 2.75) is 71.2 Å². The maximum atomic E-state index is 13.5. The van der Waals surface area contributed by atoms with Crippen LogP contribution in [-0.4, -0.2) is 79.2 Å². The Morgan fingerprint density at radius 1 is 0.925 bits per heavy atom. The van der Waals surface area contributed by atoms with Crippen molar-refractivity contribution in [3.63, 3.8) is 0 Å². The number of hydrogen-bond acceptors (Lipinski definition) is 8. The lowest BCUT2D eigenvalue weighted by molar-refractivity contribution is -0.136. The first kappa shape index (κ1) is 34.4. The maximum absolute atomic E-state index is 13.5. The number of amides is 5. The molecule has 2 saturated heterocycles. The Balaban J connectivity index is 0.869. The van der Waals surface area contributed by atoms with Crippen LogP contribution in [0.15, 0.2) is 54.6 Å². The molecule has 0 saturated carbocycles. The van der Waals surface area contributed by atoms with E-state index in [0.717, 1.165) is 56.9 Å². The third kappa shape index (κ3) is 6.09. The Kier molecular flexibility index (Phi) is 8.71. The average Bonchev–Trinajstić information content (AvgIpc) is 3.78. The second-order valence-corrected chi connectivity index (χ2v) is 14.7. The van der Waals surface area contributed by atoms with Crippen LogP contribution in [0.5, 0.6) is 0 Å². The van der Waals surface area contributed by atoms with Gasteiger partial charge < -0.3 is 4.90 Å². The van der Waals surface area contributed by atoms with E-state index in [1.165, 1.54) is 0 Å². The Hall–Kier alpha value is -5.64. The number of carbonyl (C=O) groups excluding carboxylic acids is 5. The van der Waals surface area contributed by atoms with Crippen molar-refractivity contribution in [2.75, 3.05) is 13.1 Å². The first-order chi connectivity index (χ1) is 25.5. The molecule has 4 aromatic rings. The number of benzene rings is 3. The SMILES string of the molecule is Cc1c(-c2ccc(C#N)c(Cl)c2)nn(Cc2ccc(C(=O)N3CCC(N4Cc5cc6c(cc5C4)C(=O)N(C4CCC(=O)NC4=O)C6=O)CC3)cc2)c1C. The van der Waals surface area contributed by atoms with Crippen molar-refractivity contribution in [2.24, 2.45) is 0 Å². The molecule has 13 heteroatoms. The number of piperidine rings is 2. The predicted molar refractivity (Wildman–Crippen MR) is 194 cm³/mol. The van der Waals surface area contributed by atoms with Crippen LogP contribution in [0.25, 0.3) is 11.3 Å². The Morgan fingerprint density at radius 3 is 2.19 bits per heavy atom. The summed E-state index contributed by atoms with van der Waals surface area (Å²) in [5.41, 5.74) is 8.38. The molecule has 1 N–H and O–H groups in total. The molecule has 12 nitrogen and oxygen atoms in total. The molecular formula is C40H36ClN7O5. The van der Waals surface area contributed by atoms with E-state index in [2.05, 4.69) is 16.3 Å². The van der Waals surface area contributed by atoms with Crippen molar-refractivity contribution >= 4 is 41.1 Å². The standard InChI is InChI=1S/C40H36ClN7O5/c1-22-23(2)47(44-36(22)26-7-8-27(18-42)33(41)17-26)19-24-3-5-25(6-4-24)38(51)45-13-11-30(12-14-45)46-20-28-15-31-32(16-29(28)21-46)40(53)48(39(31)52)34-9-10-35(49)43-37(34)50/h3-8,15-17,30,34H,9-14,19-21H2,1-2H3,(H,43,49,50). The van der Waals surface area contributed by atoms with Crippen LogP contribution in [-0.2, 0) is 29.2 Å². The maximum Gasteiger partial charge on any atom is 0.262 e. The van der Waals surface area contributed by atoms with Crippen LogP contribution < -0.4 is 5.32 Å². The molecule has 2 fully saturated rings. The van der Waals surface area contributed by atoms with Crippen LogP contribution in [0.1, 0.15) is 90.3 Å². The number of aromatic nitrogens is 2. The van der Waals surface area contributed by atoms with Gasteiger partial charge in [-0.15, -0.1) is 0 Å². The van der Waals surface area contributed by atoms with E-state index in [4.69, 9.17) is 16.7 Å². The first-order valence-corrected chi connectivity index (χ1v) is 18.1. The molecule has 4 aliphatic heterocycles. The molecule has 268 valence electrons. The molecule has 0 radical (unpaired) electrons. The summed E-state index contributed by atoms with van der Waals surface area (Å²) < 4.78 is 1.94. The normalized spacial score (nSPS) is 19.0. The van der Waals surface area contributed by atoms with E-state index in [1.807, 2.05) is 53.8 Å². The number of nitrogens with one attached hydrogen (secondary N) is 1. The van der Waals surface area contributed by atoms with Crippen LogP contribution in [0.2, 0.25) is 5.02 Å². The number of carbonyl (C=O) groups is 5. The van der Waals surface area contributed by atoms with Gasteiger partial charge >= 0.3 is 0 Å². The Morgan fingerprint density at radius 2 is 1.58 bits per heavy atom. The fourth-order valence-electron chi connectivity index (χ4n) is 8.01. The van der Waals surface area contributed by atoms with Gasteiger partial charge in [-0.1, -0.05) is 29.8 Å². The first-order valence-electron chi connectivity index (χ1n) is 17.7. The lowest BCUT2D eigenvalue weighted by Gasteiger charge is -2.36. The number of halogens is 1. The van der Waals surface area contributed by atoms with Gasteiger partial charge in [0.15, 0.2) is 0 Å². The molecule has 53 heavy (non-hydrogen) atoms. The highest BCUT2D eigenvalue weighted by Gasteiger charge is 2.45. The van der Waals surface area contributed by atoms with Gasteiger partial charge in [0.2, 0.25) is 11.8 Å². The number of imide groups is 2. The fraction of sp³-hybridized carbons (Fsp3) is 0.325. The monoisotopic (exact) mass is 729 g/mol. The quantitative estimate of drug-likeness (QED) is 0.280. The van der Waals surface area contributed by atoms with Gasteiger partial charge in [0, 0.05) is 55.5 Å². The molecule has 8 rings (SSSR count). The molecule has 0 bridgehead atoms. The molecule has 0 spiro atoms. The molecule has 1 aromatic heterocycles. The van der Waals surface area contributed by atoms with E-state index in [9.17, 15) is 29.2 Å². The summed E-state index contributed by atoms with van der Waals surface area (Å²) in [6, 6.07) is 17.9. The Labute approximate surface area is 310 Å². The fourth-order valence-corrected chi connectivity index (χ4v) is 8.23. The van der Waals surface area contributed by atoms with Gasteiger partial charge in [-0.05, 0) is 91.8 Å². The van der Waals surface area contributed by atoms with Gasteiger partial charge in [-0.25, -0.2) is 0 Å². The van der Waals surface area contributed by atoms with Crippen molar-refractivity contribution < 1.29 is 24.0 Å². The van der Waals surface area contributed by atoms with E-state index in [1.54, 1.807) is 24.3 Å². The van der Waals surface area contributed by atoms with Crippen molar-refractivity contribution in [1.82, 2.24) is 29.8 Å². The lowest BCUT2D eigenvalue weighted by Crippen LogP contribution is -2.54. The highest BCUT2D eigenvalue weighted by Crippen LogP contribution is 2.35. The average molecular weight is 730 g/mol. The second-order valence-electron chi connectivity index (χ2n) is 14.3. The minimum absolute atomic E-state index is 0.000166. The minimum Gasteiger partial charge on any atom is -0.339 e. The summed E-state index contributed by atoms with van der Waals surface area (Å²) in [5.74, 6) is -2.00. The van der Waals surface area contributed by atoms with Gasteiger partial charge in [0.1, 0.15) is 12.1 Å². The summed E-state index contributed by atoms with van der Waals surface area (Å²) >= 11 is 6.29. The zero-order chi connectivity index (χ0) is 37.1. The minimum atomic E-state index is -0.982. The number of rotatable bonds is 6. The lowest BCUT2D eigenvalue weighted by atomic mass is 10.0. The predicted octanol–water partition coefficient (Wildman–Crippen LogP) is 4.76. The Bertz CT molecular complexity index is 2240. The zero-order valence-corrected chi connectivity index (χ0v) is 30.1. The van der Waals surface area contributed by atoms with Crippen LogP contribution >= 0.6 is 11.6 Å².